The number of nitrogens with two attached hydrogens (primary N) is 1. The van der Waals surface area contributed by atoms with Gasteiger partial charge in [-0.25, -0.2) is 9.67 Å². The predicted molar refractivity (Wildman–Crippen MR) is 75.9 cm³/mol. The lowest BCUT2D eigenvalue weighted by Gasteiger charge is -2.06. The molecule has 0 aliphatic heterocycles. The molecule has 3 rings (SSSR count). The summed E-state index contributed by atoms with van der Waals surface area (Å²) in [6.45, 7) is 1.97. The van der Waals surface area contributed by atoms with Crippen LogP contribution in [-0.2, 0) is 0 Å². The van der Waals surface area contributed by atoms with Crippen molar-refractivity contribution in [1.29, 1.82) is 0 Å². The largest absolute Gasteiger partial charge is 0.397 e. The number of aryl methyl sites for hydroxylation is 1. The third kappa shape index (κ3) is 2.20. The minimum Gasteiger partial charge on any atom is -0.397 e. The Balaban J connectivity index is 2.15. The molecule has 0 bridgehead atoms. The molecule has 0 aliphatic rings. The first-order chi connectivity index (χ1) is 9.24. The van der Waals surface area contributed by atoms with Gasteiger partial charge in [-0.1, -0.05) is 30.3 Å². The van der Waals surface area contributed by atoms with Gasteiger partial charge in [0.2, 0.25) is 0 Å². The van der Waals surface area contributed by atoms with Crippen LogP contribution in [0.1, 0.15) is 5.69 Å². The maximum Gasteiger partial charge on any atom is 0.154 e. The topological polar surface area (TPSA) is 56.7 Å². The summed E-state index contributed by atoms with van der Waals surface area (Å²) in [5, 5.41) is 4.50. The van der Waals surface area contributed by atoms with Crippen LogP contribution in [0, 0.1) is 6.92 Å². The Hall–Kier alpha value is -2.62. The van der Waals surface area contributed by atoms with E-state index in [0.717, 1.165) is 22.8 Å². The quantitative estimate of drug-likeness (QED) is 0.760. The molecular formula is C15H14N4. The third-order valence-corrected chi connectivity index (χ3v) is 2.89. The molecule has 0 unspecified atom stereocenters. The average molecular weight is 250 g/mol. The van der Waals surface area contributed by atoms with Gasteiger partial charge in [0.1, 0.15) is 0 Å². The standard InChI is InChI=1S/C15H14N4/c1-11-9-14(12-5-3-2-4-6-12)19(18-11)15-8-7-13(16)10-17-15/h2-10H,16H2,1H3. The maximum absolute atomic E-state index is 5.67. The van der Waals surface area contributed by atoms with Crippen LogP contribution in [0.2, 0.25) is 0 Å². The number of nitrogen functional groups attached to an aromatic ring is 1. The van der Waals surface area contributed by atoms with Crippen molar-refractivity contribution in [3.8, 4) is 17.1 Å². The van der Waals surface area contributed by atoms with E-state index in [2.05, 4.69) is 22.2 Å². The predicted octanol–water partition coefficient (Wildman–Crippen LogP) is 2.82. The number of anilines is 1. The van der Waals surface area contributed by atoms with Gasteiger partial charge >= 0.3 is 0 Å². The minimum absolute atomic E-state index is 0.647. The zero-order valence-corrected chi connectivity index (χ0v) is 10.6. The number of hydrogen-bond acceptors (Lipinski definition) is 3. The van der Waals surface area contributed by atoms with E-state index in [1.54, 1.807) is 6.20 Å². The highest BCUT2D eigenvalue weighted by molar-refractivity contribution is 5.62. The summed E-state index contributed by atoms with van der Waals surface area (Å²) in [4.78, 5) is 4.32. The van der Waals surface area contributed by atoms with Crippen LogP contribution in [0.15, 0.2) is 54.7 Å². The Bertz CT molecular complexity index is 684. The maximum atomic E-state index is 5.67. The van der Waals surface area contributed by atoms with Crippen LogP contribution >= 0.6 is 0 Å². The molecule has 2 N–H and O–H groups in total. The van der Waals surface area contributed by atoms with Gasteiger partial charge in [0.15, 0.2) is 5.82 Å². The Kier molecular flexibility index (Phi) is 2.76. The van der Waals surface area contributed by atoms with E-state index in [0.29, 0.717) is 5.69 Å². The van der Waals surface area contributed by atoms with Crippen molar-refractivity contribution in [3.63, 3.8) is 0 Å². The summed E-state index contributed by atoms with van der Waals surface area (Å²) in [6.07, 6.45) is 1.64. The van der Waals surface area contributed by atoms with E-state index < -0.39 is 0 Å². The van der Waals surface area contributed by atoms with Crippen molar-refractivity contribution in [2.24, 2.45) is 0 Å². The van der Waals surface area contributed by atoms with Crippen LogP contribution in [0.4, 0.5) is 5.69 Å². The summed E-state index contributed by atoms with van der Waals surface area (Å²) >= 11 is 0. The molecule has 0 atom stereocenters. The second-order valence-electron chi connectivity index (χ2n) is 4.40. The van der Waals surface area contributed by atoms with Gasteiger partial charge in [0, 0.05) is 5.56 Å². The van der Waals surface area contributed by atoms with E-state index in [-0.39, 0.29) is 0 Å². The first-order valence-corrected chi connectivity index (χ1v) is 6.08. The van der Waals surface area contributed by atoms with Crippen molar-refractivity contribution >= 4 is 5.69 Å². The second kappa shape index (κ2) is 4.57. The number of rotatable bonds is 2. The van der Waals surface area contributed by atoms with Crippen LogP contribution in [-0.4, -0.2) is 14.8 Å². The van der Waals surface area contributed by atoms with Gasteiger partial charge in [-0.15, -0.1) is 0 Å². The van der Waals surface area contributed by atoms with Crippen molar-refractivity contribution < 1.29 is 0 Å². The summed E-state index contributed by atoms with van der Waals surface area (Å²) in [6, 6.07) is 15.9. The molecule has 0 spiro atoms. The molecular weight excluding hydrogens is 236 g/mol. The molecule has 0 radical (unpaired) electrons. The van der Waals surface area contributed by atoms with Crippen LogP contribution in [0.5, 0.6) is 0 Å². The average Bonchev–Trinajstić information content (AvgIpc) is 2.83. The van der Waals surface area contributed by atoms with E-state index in [4.69, 9.17) is 5.73 Å². The normalized spacial score (nSPS) is 10.6. The SMILES string of the molecule is Cc1cc(-c2ccccc2)n(-c2ccc(N)cn2)n1. The Morgan fingerprint density at radius 3 is 2.53 bits per heavy atom. The molecule has 4 heteroatoms. The Morgan fingerprint density at radius 1 is 1.05 bits per heavy atom. The zero-order valence-electron chi connectivity index (χ0n) is 10.6. The number of nitrogens with zero attached hydrogens (tertiary/aromatic N) is 3. The lowest BCUT2D eigenvalue weighted by molar-refractivity contribution is 0.839. The first kappa shape index (κ1) is 11.5. The highest BCUT2D eigenvalue weighted by Gasteiger charge is 2.10. The lowest BCUT2D eigenvalue weighted by Crippen LogP contribution is -2.02. The highest BCUT2D eigenvalue weighted by atomic mass is 15.3. The lowest BCUT2D eigenvalue weighted by atomic mass is 10.1. The van der Waals surface area contributed by atoms with Crippen molar-refractivity contribution in [3.05, 3.63) is 60.4 Å². The highest BCUT2D eigenvalue weighted by Crippen LogP contribution is 2.22. The number of aromatic nitrogens is 3. The summed E-state index contributed by atoms with van der Waals surface area (Å²) in [5.74, 6) is 0.765. The summed E-state index contributed by atoms with van der Waals surface area (Å²) < 4.78 is 1.84. The number of pyridine rings is 1. The Labute approximate surface area is 111 Å². The fourth-order valence-electron chi connectivity index (χ4n) is 2.01. The van der Waals surface area contributed by atoms with Crippen LogP contribution in [0.3, 0.4) is 0 Å². The van der Waals surface area contributed by atoms with Gasteiger partial charge in [-0.3, -0.25) is 0 Å². The van der Waals surface area contributed by atoms with Gasteiger partial charge in [0.05, 0.1) is 23.3 Å². The van der Waals surface area contributed by atoms with E-state index in [1.807, 2.05) is 48.0 Å². The van der Waals surface area contributed by atoms with Gasteiger partial charge in [-0.2, -0.15) is 5.10 Å². The minimum atomic E-state index is 0.647. The fraction of sp³-hybridized carbons (Fsp3) is 0.0667. The molecule has 0 amide bonds. The van der Waals surface area contributed by atoms with Gasteiger partial charge in [0.25, 0.3) is 0 Å². The van der Waals surface area contributed by atoms with Crippen molar-refractivity contribution in [1.82, 2.24) is 14.8 Å². The van der Waals surface area contributed by atoms with E-state index in [1.165, 1.54) is 0 Å². The van der Waals surface area contributed by atoms with Crippen LogP contribution < -0.4 is 5.73 Å². The van der Waals surface area contributed by atoms with Crippen molar-refractivity contribution in [2.75, 3.05) is 5.73 Å². The second-order valence-corrected chi connectivity index (χ2v) is 4.40. The molecule has 0 fully saturated rings. The molecule has 94 valence electrons. The molecule has 19 heavy (non-hydrogen) atoms. The summed E-state index contributed by atoms with van der Waals surface area (Å²) in [5.41, 5.74) is 9.41. The zero-order chi connectivity index (χ0) is 13.2. The van der Waals surface area contributed by atoms with Gasteiger partial charge < -0.3 is 5.73 Å². The van der Waals surface area contributed by atoms with Gasteiger partial charge in [-0.05, 0) is 25.1 Å². The molecule has 2 aromatic heterocycles. The molecule has 1 aromatic carbocycles. The smallest absolute Gasteiger partial charge is 0.154 e. The Morgan fingerprint density at radius 2 is 1.84 bits per heavy atom. The first-order valence-electron chi connectivity index (χ1n) is 6.08. The van der Waals surface area contributed by atoms with E-state index >= 15 is 0 Å². The molecule has 4 nitrogen and oxygen atoms in total. The fourth-order valence-corrected chi connectivity index (χ4v) is 2.01. The molecule has 3 aromatic rings. The van der Waals surface area contributed by atoms with E-state index in [9.17, 15) is 0 Å². The van der Waals surface area contributed by atoms with Crippen LogP contribution in [0.25, 0.3) is 17.1 Å². The van der Waals surface area contributed by atoms with Crippen molar-refractivity contribution in [2.45, 2.75) is 6.92 Å². The third-order valence-electron chi connectivity index (χ3n) is 2.89. The molecule has 0 saturated heterocycles. The monoisotopic (exact) mass is 250 g/mol. The molecule has 0 aliphatic carbocycles. The number of hydrogen-bond donors (Lipinski definition) is 1. The summed E-state index contributed by atoms with van der Waals surface area (Å²) in [7, 11) is 0. The number of benzene rings is 1. The molecule has 2 heterocycles. The molecule has 0 saturated carbocycles.